The van der Waals surface area contributed by atoms with Gasteiger partial charge in [0.1, 0.15) is 5.69 Å². The smallest absolute Gasteiger partial charge is 0.198 e. The maximum atomic E-state index is 12.7. The summed E-state index contributed by atoms with van der Waals surface area (Å²) in [5.74, 6) is -0.965. The van der Waals surface area contributed by atoms with Crippen LogP contribution in [0.25, 0.3) is 22.4 Å². The maximum absolute atomic E-state index is 12.7. The van der Waals surface area contributed by atoms with E-state index in [-0.39, 0.29) is 61.8 Å². The largest absolute Gasteiger partial charge is 0.809 e. The van der Waals surface area contributed by atoms with Gasteiger partial charge < -0.3 is 32.8 Å². The van der Waals surface area contributed by atoms with Crippen molar-refractivity contribution in [3.63, 3.8) is 0 Å². The molecule has 1 fully saturated rings. The molecule has 6 N–H and O–H groups in total. The molecule has 155 valence electrons. The summed E-state index contributed by atoms with van der Waals surface area (Å²) >= 11 is 0. The molecule has 2 heterocycles. The first kappa shape index (κ1) is 23.9. The van der Waals surface area contributed by atoms with E-state index < -0.39 is 5.91 Å². The minimum absolute atomic E-state index is 0. The number of nitrogens with two attached hydrogens (primary N) is 2. The van der Waals surface area contributed by atoms with E-state index in [9.17, 15) is 10.2 Å². The van der Waals surface area contributed by atoms with Crippen LogP contribution in [0.5, 0.6) is 0 Å². The topological polar surface area (TPSA) is 156 Å². The zero-order valence-corrected chi connectivity index (χ0v) is 19.6. The van der Waals surface area contributed by atoms with Gasteiger partial charge in [0.25, 0.3) is 0 Å². The first-order valence-corrected chi connectivity index (χ1v) is 9.34. The third-order valence-corrected chi connectivity index (χ3v) is 4.85. The van der Waals surface area contributed by atoms with Gasteiger partial charge in [-0.3, -0.25) is 4.79 Å². The van der Waals surface area contributed by atoms with Crippen LogP contribution in [0.3, 0.4) is 0 Å². The second-order valence-electron chi connectivity index (χ2n) is 7.00. The Morgan fingerprint density at radius 1 is 1.40 bits per heavy atom. The summed E-state index contributed by atoms with van der Waals surface area (Å²) in [5, 5.41) is 12.1. The summed E-state index contributed by atoms with van der Waals surface area (Å²) < 4.78 is 0. The van der Waals surface area contributed by atoms with E-state index >= 15 is 0 Å². The summed E-state index contributed by atoms with van der Waals surface area (Å²) in [6.45, 7) is 3.07. The molecule has 1 atom stereocenters. The molecule has 1 unspecified atom stereocenters. The molecule has 1 radical (unpaired) electrons. The predicted octanol–water partition coefficient (Wildman–Crippen LogP) is 2.05. The second-order valence-corrected chi connectivity index (χ2v) is 7.00. The summed E-state index contributed by atoms with van der Waals surface area (Å²) in [7, 11) is 0. The van der Waals surface area contributed by atoms with Gasteiger partial charge in [0.05, 0.1) is 11.9 Å². The molecular formula is C20H24N8OY-2. The van der Waals surface area contributed by atoms with Crippen molar-refractivity contribution >= 4 is 17.9 Å². The number of hydrogen-bond acceptors (Lipinski definition) is 6. The number of anilines is 1. The minimum atomic E-state index is -0.670. The van der Waals surface area contributed by atoms with Crippen molar-refractivity contribution in [2.75, 3.05) is 18.8 Å². The van der Waals surface area contributed by atoms with Crippen LogP contribution in [-0.4, -0.2) is 46.1 Å². The standard InChI is InChI=1S/C20H25N8O.Y/c1-12-5-2-3-7-14(12)15-10-25-19(24)17(26-15)20(29)27-18(23)16(9-21)28-8-4-6-13(22)11-28;/h2-3,5,7,9-10,13H,4,6,8,11,22H2,1H3,(H5-,21,23,24,25,27,29);/q-1;/p-1. The molecule has 3 rings (SSSR count). The molecule has 1 aliphatic rings. The molecule has 1 aliphatic heterocycles. The van der Waals surface area contributed by atoms with Gasteiger partial charge in [-0.1, -0.05) is 24.3 Å². The molecule has 0 bridgehead atoms. The number of piperidine rings is 1. The predicted molar refractivity (Wildman–Crippen MR) is 114 cm³/mol. The van der Waals surface area contributed by atoms with Crippen LogP contribution in [0.4, 0.5) is 5.82 Å². The molecule has 0 aliphatic carbocycles. The fraction of sp³-hybridized carbons (Fsp3) is 0.300. The van der Waals surface area contributed by atoms with Gasteiger partial charge in [-0.2, -0.15) is 6.21 Å². The van der Waals surface area contributed by atoms with Crippen molar-refractivity contribution in [3.8, 4) is 11.3 Å². The Kier molecular flexibility index (Phi) is 8.46. The number of likely N-dealkylation sites (tertiary alicyclic amines) is 1. The molecule has 2 aromatic rings. The fourth-order valence-electron chi connectivity index (χ4n) is 3.33. The number of aromatic nitrogens is 2. The van der Waals surface area contributed by atoms with Gasteiger partial charge in [0.2, 0.25) is 0 Å². The van der Waals surface area contributed by atoms with E-state index in [1.807, 2.05) is 31.2 Å². The minimum Gasteiger partial charge on any atom is -0.809 e. The summed E-state index contributed by atoms with van der Waals surface area (Å²) in [5.41, 5.74) is 22.5. The Balaban J connectivity index is 0.00000320. The van der Waals surface area contributed by atoms with Crippen LogP contribution in [0.1, 0.15) is 28.9 Å². The van der Waals surface area contributed by atoms with Crippen LogP contribution in [-0.2, 0) is 32.7 Å². The third kappa shape index (κ3) is 5.41. The van der Waals surface area contributed by atoms with Gasteiger partial charge in [-0.05, 0) is 31.1 Å². The average molecular weight is 481 g/mol. The van der Waals surface area contributed by atoms with Crippen molar-refractivity contribution in [1.29, 1.82) is 0 Å². The van der Waals surface area contributed by atoms with Crippen LogP contribution >= 0.6 is 0 Å². The number of amides is 1. The Hall–Kier alpha value is -2.36. The van der Waals surface area contributed by atoms with Crippen molar-refractivity contribution in [3.05, 3.63) is 64.4 Å². The molecular weight excluding hydrogens is 457 g/mol. The van der Waals surface area contributed by atoms with Gasteiger partial charge in [0, 0.05) is 63.1 Å². The van der Waals surface area contributed by atoms with Crippen molar-refractivity contribution in [2.45, 2.75) is 25.8 Å². The van der Waals surface area contributed by atoms with Gasteiger partial charge >= 0.3 is 0 Å². The van der Waals surface area contributed by atoms with E-state index in [0.717, 1.165) is 30.2 Å². The first-order valence-electron chi connectivity index (χ1n) is 9.34. The molecule has 1 aromatic carbocycles. The van der Waals surface area contributed by atoms with E-state index in [2.05, 4.69) is 15.3 Å². The van der Waals surface area contributed by atoms with Crippen LogP contribution in [0, 0.1) is 6.92 Å². The molecule has 0 spiro atoms. The average Bonchev–Trinajstić information content (AvgIpc) is 2.69. The van der Waals surface area contributed by atoms with Crippen molar-refractivity contribution in [2.24, 2.45) is 5.73 Å². The van der Waals surface area contributed by atoms with Gasteiger partial charge in [0.15, 0.2) is 11.7 Å². The third-order valence-electron chi connectivity index (χ3n) is 4.85. The molecule has 9 nitrogen and oxygen atoms in total. The fourth-order valence-corrected chi connectivity index (χ4v) is 3.33. The van der Waals surface area contributed by atoms with Crippen molar-refractivity contribution in [1.82, 2.24) is 20.2 Å². The van der Waals surface area contributed by atoms with E-state index in [1.54, 1.807) is 4.90 Å². The Bertz CT molecular complexity index is 962. The van der Waals surface area contributed by atoms with E-state index in [0.29, 0.717) is 18.8 Å². The second kappa shape index (κ2) is 10.6. The number of rotatable bonds is 5. The summed E-state index contributed by atoms with van der Waals surface area (Å²) in [6, 6.07) is 7.55. The quantitative estimate of drug-likeness (QED) is 0.555. The normalized spacial score (nSPS) is 16.9. The number of allylic oxidation sites excluding steroid dienone is 1. The Morgan fingerprint density at radius 3 is 2.80 bits per heavy atom. The van der Waals surface area contributed by atoms with Crippen LogP contribution in [0.15, 0.2) is 42.0 Å². The van der Waals surface area contributed by atoms with E-state index in [1.165, 1.54) is 6.20 Å². The van der Waals surface area contributed by atoms with Gasteiger partial charge in [-0.15, -0.1) is 0 Å². The SMILES string of the molecule is Cc1ccccc1-c1cnc(N)c(C(=O)N/C([NH-])=C(\C=[N-])N2CCCC(N)C2)n1.[Y]. The Morgan fingerprint density at radius 2 is 2.13 bits per heavy atom. The number of carbonyl (C=O) groups is 1. The first-order chi connectivity index (χ1) is 13.9. The molecule has 0 saturated carbocycles. The molecule has 1 aromatic heterocycles. The molecule has 1 amide bonds. The van der Waals surface area contributed by atoms with Crippen LogP contribution < -0.4 is 16.8 Å². The Labute approximate surface area is 200 Å². The molecule has 30 heavy (non-hydrogen) atoms. The number of carbonyl (C=O) groups excluding carboxylic acids is 1. The monoisotopic (exact) mass is 481 g/mol. The number of nitrogen functional groups attached to an aromatic ring is 1. The zero-order valence-electron chi connectivity index (χ0n) is 16.8. The van der Waals surface area contributed by atoms with Crippen molar-refractivity contribution < 1.29 is 37.5 Å². The maximum Gasteiger partial charge on any atom is 0.198 e. The number of aryl methyl sites for hydroxylation is 1. The van der Waals surface area contributed by atoms with E-state index in [4.69, 9.17) is 17.2 Å². The molecule has 1 saturated heterocycles. The van der Waals surface area contributed by atoms with Gasteiger partial charge in [-0.25, -0.2) is 9.97 Å². The zero-order chi connectivity index (χ0) is 21.0. The number of nitrogens with zero attached hydrogens (tertiary/aromatic N) is 4. The summed E-state index contributed by atoms with van der Waals surface area (Å²) in [4.78, 5) is 22.9. The summed E-state index contributed by atoms with van der Waals surface area (Å²) in [6.07, 6.45) is 4.04. The molecule has 10 heteroatoms. The number of benzene rings is 1. The number of hydrogen-bond donors (Lipinski definition) is 3. The van der Waals surface area contributed by atoms with Crippen LogP contribution in [0.2, 0.25) is 0 Å². The number of nitrogens with one attached hydrogen (secondary N) is 2.